The molecule has 0 saturated carbocycles. The van der Waals surface area contributed by atoms with Crippen LogP contribution in [0.15, 0.2) is 63.3 Å². The van der Waals surface area contributed by atoms with Gasteiger partial charge in [0.05, 0.1) is 6.21 Å². The summed E-state index contributed by atoms with van der Waals surface area (Å²) in [7, 11) is 0. The molecule has 90 valence electrons. The van der Waals surface area contributed by atoms with Crippen LogP contribution < -0.4 is 5.73 Å². The van der Waals surface area contributed by atoms with Gasteiger partial charge < -0.3 is 5.73 Å². The first-order valence-electron chi connectivity index (χ1n) is 5.29. The number of nitrogens with two attached hydrogens (primary N) is 1. The fraction of sp³-hybridized carbons (Fsp3) is 0. The van der Waals surface area contributed by atoms with Crippen LogP contribution in [0.3, 0.4) is 0 Å². The molecule has 0 aliphatic carbocycles. The van der Waals surface area contributed by atoms with E-state index in [1.54, 1.807) is 18.5 Å². The van der Waals surface area contributed by atoms with E-state index in [0.29, 0.717) is 11.5 Å². The third-order valence-corrected chi connectivity index (χ3v) is 2.64. The van der Waals surface area contributed by atoms with E-state index in [2.05, 4.69) is 31.1 Å². The molecule has 1 aromatic heterocycles. The largest absolute Gasteiger partial charge is 0.380 e. The monoisotopic (exact) mass is 302 g/mol. The Morgan fingerprint density at radius 2 is 2.11 bits per heavy atom. The van der Waals surface area contributed by atoms with Gasteiger partial charge in [0.2, 0.25) is 0 Å². The molecule has 5 heteroatoms. The van der Waals surface area contributed by atoms with Gasteiger partial charge in [0, 0.05) is 10.7 Å². The Labute approximate surface area is 113 Å². The van der Waals surface area contributed by atoms with Crippen molar-refractivity contribution >= 4 is 28.0 Å². The van der Waals surface area contributed by atoms with Crippen LogP contribution in [-0.2, 0) is 0 Å². The standard InChI is InChI=1S/C13H11BrN4/c14-11-5-3-4-10(8-11)9-17-18-13(15)12-6-1-2-7-16-12/h1-9H,(H2,15,18). The number of hydrogen-bond donors (Lipinski definition) is 1. The van der Waals surface area contributed by atoms with Crippen LogP contribution in [0.1, 0.15) is 11.3 Å². The molecule has 0 aliphatic heterocycles. The second kappa shape index (κ2) is 6.07. The van der Waals surface area contributed by atoms with E-state index < -0.39 is 0 Å². The van der Waals surface area contributed by atoms with Crippen LogP contribution in [0, 0.1) is 0 Å². The minimum atomic E-state index is 0.293. The number of nitrogens with zero attached hydrogens (tertiary/aromatic N) is 3. The van der Waals surface area contributed by atoms with Crippen LogP contribution in [0.25, 0.3) is 0 Å². The van der Waals surface area contributed by atoms with Crippen molar-refractivity contribution in [2.24, 2.45) is 15.9 Å². The minimum absolute atomic E-state index is 0.293. The summed E-state index contributed by atoms with van der Waals surface area (Å²) in [5.41, 5.74) is 7.31. The molecule has 0 aliphatic rings. The first-order chi connectivity index (χ1) is 8.75. The van der Waals surface area contributed by atoms with Crippen molar-refractivity contribution < 1.29 is 0 Å². The lowest BCUT2D eigenvalue weighted by molar-refractivity contribution is 1.20. The molecule has 0 amide bonds. The molecular weight excluding hydrogens is 292 g/mol. The van der Waals surface area contributed by atoms with Crippen LogP contribution in [0.5, 0.6) is 0 Å². The molecule has 1 aromatic carbocycles. The number of pyridine rings is 1. The molecule has 2 N–H and O–H groups in total. The smallest absolute Gasteiger partial charge is 0.171 e. The molecule has 0 spiro atoms. The van der Waals surface area contributed by atoms with Crippen LogP contribution in [-0.4, -0.2) is 17.0 Å². The van der Waals surface area contributed by atoms with E-state index in [-0.39, 0.29) is 0 Å². The van der Waals surface area contributed by atoms with Gasteiger partial charge in [-0.15, -0.1) is 5.10 Å². The average molecular weight is 303 g/mol. The molecule has 1 heterocycles. The molecule has 0 atom stereocenters. The maximum atomic E-state index is 5.75. The molecular formula is C13H11BrN4. The molecule has 18 heavy (non-hydrogen) atoms. The summed E-state index contributed by atoms with van der Waals surface area (Å²) in [6, 6.07) is 13.2. The maximum absolute atomic E-state index is 5.75. The highest BCUT2D eigenvalue weighted by Gasteiger charge is 1.96. The number of aromatic nitrogens is 1. The van der Waals surface area contributed by atoms with E-state index in [0.717, 1.165) is 10.0 Å². The van der Waals surface area contributed by atoms with Crippen molar-refractivity contribution in [3.05, 3.63) is 64.4 Å². The lowest BCUT2D eigenvalue weighted by Gasteiger charge is -1.96. The van der Waals surface area contributed by atoms with Crippen molar-refractivity contribution in [3.63, 3.8) is 0 Å². The Balaban J connectivity index is 2.11. The fourth-order valence-corrected chi connectivity index (χ4v) is 1.73. The van der Waals surface area contributed by atoms with Crippen molar-refractivity contribution in [2.45, 2.75) is 0 Å². The number of hydrogen-bond acceptors (Lipinski definition) is 3. The first kappa shape index (κ1) is 12.4. The van der Waals surface area contributed by atoms with Gasteiger partial charge in [-0.1, -0.05) is 34.1 Å². The highest BCUT2D eigenvalue weighted by molar-refractivity contribution is 9.10. The molecule has 0 bridgehead atoms. The fourth-order valence-electron chi connectivity index (χ4n) is 1.31. The highest BCUT2D eigenvalue weighted by atomic mass is 79.9. The zero-order chi connectivity index (χ0) is 12.8. The van der Waals surface area contributed by atoms with Gasteiger partial charge in [-0.2, -0.15) is 5.10 Å². The molecule has 0 radical (unpaired) electrons. The lowest BCUT2D eigenvalue weighted by Crippen LogP contribution is -2.14. The van der Waals surface area contributed by atoms with Gasteiger partial charge in [0.15, 0.2) is 5.84 Å². The topological polar surface area (TPSA) is 63.6 Å². The summed E-state index contributed by atoms with van der Waals surface area (Å²) < 4.78 is 0.994. The minimum Gasteiger partial charge on any atom is -0.380 e. The van der Waals surface area contributed by atoms with Crippen LogP contribution >= 0.6 is 15.9 Å². The summed E-state index contributed by atoms with van der Waals surface area (Å²) in [6.07, 6.45) is 3.30. The summed E-state index contributed by atoms with van der Waals surface area (Å²) in [5.74, 6) is 0.293. The molecule has 4 nitrogen and oxygen atoms in total. The lowest BCUT2D eigenvalue weighted by atomic mass is 10.2. The van der Waals surface area contributed by atoms with Gasteiger partial charge in [-0.25, -0.2) is 0 Å². The van der Waals surface area contributed by atoms with Crippen LogP contribution in [0.4, 0.5) is 0 Å². The van der Waals surface area contributed by atoms with Crippen molar-refractivity contribution in [3.8, 4) is 0 Å². The summed E-state index contributed by atoms with van der Waals surface area (Å²) in [5, 5.41) is 7.84. The summed E-state index contributed by atoms with van der Waals surface area (Å²) >= 11 is 3.39. The average Bonchev–Trinajstić information content (AvgIpc) is 2.40. The quantitative estimate of drug-likeness (QED) is 0.538. The van der Waals surface area contributed by atoms with Gasteiger partial charge in [0.1, 0.15) is 5.69 Å². The van der Waals surface area contributed by atoms with E-state index in [1.165, 1.54) is 0 Å². The van der Waals surface area contributed by atoms with Crippen LogP contribution in [0.2, 0.25) is 0 Å². The second-order valence-electron chi connectivity index (χ2n) is 3.50. The number of amidine groups is 1. The maximum Gasteiger partial charge on any atom is 0.171 e. The zero-order valence-corrected chi connectivity index (χ0v) is 11.1. The van der Waals surface area contributed by atoms with Gasteiger partial charge in [-0.05, 0) is 29.8 Å². The third-order valence-electron chi connectivity index (χ3n) is 2.15. The molecule has 2 aromatic rings. The Morgan fingerprint density at radius 1 is 1.22 bits per heavy atom. The Bertz CT molecular complexity index is 579. The second-order valence-corrected chi connectivity index (χ2v) is 4.42. The van der Waals surface area contributed by atoms with E-state index in [4.69, 9.17) is 5.73 Å². The highest BCUT2D eigenvalue weighted by Crippen LogP contribution is 2.09. The summed E-state index contributed by atoms with van der Waals surface area (Å²) in [6.45, 7) is 0. The first-order valence-corrected chi connectivity index (χ1v) is 6.08. The predicted molar refractivity (Wildman–Crippen MR) is 76.7 cm³/mol. The van der Waals surface area contributed by atoms with Crippen molar-refractivity contribution in [1.82, 2.24) is 4.98 Å². The SMILES string of the molecule is N/C(=N/N=Cc1cccc(Br)c1)c1ccccn1. The van der Waals surface area contributed by atoms with Crippen molar-refractivity contribution in [2.75, 3.05) is 0 Å². The molecule has 0 unspecified atom stereocenters. The molecule has 2 rings (SSSR count). The molecule has 0 fully saturated rings. The van der Waals surface area contributed by atoms with Gasteiger partial charge >= 0.3 is 0 Å². The van der Waals surface area contributed by atoms with E-state index in [1.807, 2.05) is 36.4 Å². The normalized spacial score (nSPS) is 11.9. The Morgan fingerprint density at radius 3 is 2.83 bits per heavy atom. The number of rotatable bonds is 3. The zero-order valence-electron chi connectivity index (χ0n) is 9.49. The summed E-state index contributed by atoms with van der Waals surface area (Å²) in [4.78, 5) is 4.08. The number of benzene rings is 1. The Hall–Kier alpha value is -2.01. The van der Waals surface area contributed by atoms with Gasteiger partial charge in [-0.3, -0.25) is 4.98 Å². The van der Waals surface area contributed by atoms with E-state index in [9.17, 15) is 0 Å². The number of halogens is 1. The van der Waals surface area contributed by atoms with Crippen molar-refractivity contribution in [1.29, 1.82) is 0 Å². The third kappa shape index (κ3) is 3.49. The predicted octanol–water partition coefficient (Wildman–Crippen LogP) is 2.58. The van der Waals surface area contributed by atoms with Gasteiger partial charge in [0.25, 0.3) is 0 Å². The Kier molecular flexibility index (Phi) is 4.20. The molecule has 0 saturated heterocycles. The van der Waals surface area contributed by atoms with E-state index >= 15 is 0 Å².